The minimum atomic E-state index is -1.73. The second-order valence-corrected chi connectivity index (χ2v) is 8.30. The highest BCUT2D eigenvalue weighted by Crippen LogP contribution is 2.13. The average molecular weight is 495 g/mol. The molecule has 0 aromatic heterocycles. The van der Waals surface area contributed by atoms with Crippen LogP contribution < -0.4 is 21.3 Å². The van der Waals surface area contributed by atoms with Gasteiger partial charge in [-0.15, -0.1) is 0 Å². The molecular formula is C22H30N4O9. The topological polar surface area (TPSA) is 214 Å². The van der Waals surface area contributed by atoms with Crippen LogP contribution in [0.1, 0.15) is 31.7 Å². The number of hydrogen-bond donors (Lipinski definition) is 8. The first kappa shape index (κ1) is 27.5. The van der Waals surface area contributed by atoms with E-state index in [1.807, 2.05) is 5.32 Å². The van der Waals surface area contributed by atoms with Gasteiger partial charge < -0.3 is 41.7 Å². The SMILES string of the molecule is CC(O)C(NC(=O)C(CC(=O)O)NC(=O)C(Cc1ccc(O)cc1)NC(=O)C1CCCN1)C(=O)O. The Bertz CT molecular complexity index is 929. The monoisotopic (exact) mass is 494 g/mol. The Balaban J connectivity index is 2.21. The van der Waals surface area contributed by atoms with E-state index in [4.69, 9.17) is 5.11 Å². The summed E-state index contributed by atoms with van der Waals surface area (Å²) >= 11 is 0. The molecule has 0 aliphatic carbocycles. The Morgan fingerprint density at radius 3 is 2.14 bits per heavy atom. The molecule has 1 aromatic rings. The molecule has 8 N–H and O–H groups in total. The van der Waals surface area contributed by atoms with Gasteiger partial charge in [-0.1, -0.05) is 12.1 Å². The molecule has 13 nitrogen and oxygen atoms in total. The molecule has 1 heterocycles. The summed E-state index contributed by atoms with van der Waals surface area (Å²) in [6.07, 6.45) is -1.04. The minimum Gasteiger partial charge on any atom is -0.508 e. The summed E-state index contributed by atoms with van der Waals surface area (Å²) in [5.41, 5.74) is 0.571. The lowest BCUT2D eigenvalue weighted by atomic mass is 10.0. The fourth-order valence-corrected chi connectivity index (χ4v) is 3.56. The van der Waals surface area contributed by atoms with E-state index in [2.05, 4.69) is 16.0 Å². The molecule has 1 saturated heterocycles. The van der Waals surface area contributed by atoms with Crippen LogP contribution >= 0.6 is 0 Å². The number of carbonyl (C=O) groups excluding carboxylic acids is 3. The number of amides is 3. The van der Waals surface area contributed by atoms with Crippen LogP contribution in [0.15, 0.2) is 24.3 Å². The molecule has 0 saturated carbocycles. The number of phenolic OH excluding ortho intramolecular Hbond substituents is 1. The normalized spacial score (nSPS) is 18.5. The van der Waals surface area contributed by atoms with Crippen LogP contribution in [0.4, 0.5) is 0 Å². The van der Waals surface area contributed by atoms with Gasteiger partial charge >= 0.3 is 11.9 Å². The molecule has 0 spiro atoms. The molecule has 2 rings (SSSR count). The van der Waals surface area contributed by atoms with Crippen LogP contribution in [0.25, 0.3) is 0 Å². The number of hydrogen-bond acceptors (Lipinski definition) is 8. The van der Waals surface area contributed by atoms with Crippen LogP contribution in [-0.4, -0.2) is 86.9 Å². The third-order valence-electron chi connectivity index (χ3n) is 5.44. The molecule has 0 radical (unpaired) electrons. The fraction of sp³-hybridized carbons (Fsp3) is 0.500. The lowest BCUT2D eigenvalue weighted by Crippen LogP contribution is -2.59. The number of aliphatic carboxylic acids is 2. The number of carboxylic acids is 2. The van der Waals surface area contributed by atoms with Crippen LogP contribution in [-0.2, 0) is 30.4 Å². The van der Waals surface area contributed by atoms with Crippen molar-refractivity contribution in [2.24, 2.45) is 0 Å². The molecule has 35 heavy (non-hydrogen) atoms. The number of aliphatic hydroxyl groups excluding tert-OH is 1. The largest absolute Gasteiger partial charge is 0.508 e. The second-order valence-electron chi connectivity index (χ2n) is 8.30. The van der Waals surface area contributed by atoms with Crippen molar-refractivity contribution < 1.29 is 44.4 Å². The molecule has 0 bridgehead atoms. The molecule has 1 aliphatic heterocycles. The molecular weight excluding hydrogens is 464 g/mol. The van der Waals surface area contributed by atoms with Crippen LogP contribution in [0.5, 0.6) is 5.75 Å². The Labute approximate surface area is 200 Å². The van der Waals surface area contributed by atoms with E-state index in [-0.39, 0.29) is 12.2 Å². The first-order valence-electron chi connectivity index (χ1n) is 11.0. The summed E-state index contributed by atoms with van der Waals surface area (Å²) in [6.45, 7) is 1.77. The standard InChI is InChI=1S/C22H30N4O9/c1-11(27)18(22(34)35)26-21(33)16(10-17(29)30)25-20(32)15(9-12-4-6-13(28)7-5-12)24-19(31)14-3-2-8-23-14/h4-7,11,14-16,18,23,27-28H,2-3,8-10H2,1H3,(H,24,31)(H,25,32)(H,26,33)(H,29,30)(H,34,35). The highest BCUT2D eigenvalue weighted by atomic mass is 16.4. The Morgan fingerprint density at radius 2 is 1.63 bits per heavy atom. The number of aromatic hydroxyl groups is 1. The van der Waals surface area contributed by atoms with Gasteiger partial charge in [0.1, 0.15) is 17.8 Å². The van der Waals surface area contributed by atoms with E-state index in [0.717, 1.165) is 13.3 Å². The third-order valence-corrected chi connectivity index (χ3v) is 5.44. The maximum atomic E-state index is 13.1. The van der Waals surface area contributed by atoms with Crippen molar-refractivity contribution in [1.29, 1.82) is 0 Å². The summed E-state index contributed by atoms with van der Waals surface area (Å²) in [7, 11) is 0. The molecule has 5 unspecified atom stereocenters. The summed E-state index contributed by atoms with van der Waals surface area (Å²) < 4.78 is 0. The Kier molecular flexibility index (Phi) is 9.97. The van der Waals surface area contributed by atoms with Gasteiger partial charge in [0.25, 0.3) is 0 Å². The van der Waals surface area contributed by atoms with Crippen molar-refractivity contribution in [3.8, 4) is 5.75 Å². The van der Waals surface area contributed by atoms with Crippen LogP contribution in [0, 0.1) is 0 Å². The number of nitrogens with one attached hydrogen (secondary N) is 4. The lowest BCUT2D eigenvalue weighted by molar-refractivity contribution is -0.146. The van der Waals surface area contributed by atoms with Crippen molar-refractivity contribution in [2.75, 3.05) is 6.54 Å². The smallest absolute Gasteiger partial charge is 0.328 e. The van der Waals surface area contributed by atoms with Gasteiger partial charge in [0.15, 0.2) is 6.04 Å². The lowest BCUT2D eigenvalue weighted by Gasteiger charge is -2.25. The average Bonchev–Trinajstić information content (AvgIpc) is 3.32. The van der Waals surface area contributed by atoms with Gasteiger partial charge in [0.2, 0.25) is 17.7 Å². The molecule has 13 heteroatoms. The fourth-order valence-electron chi connectivity index (χ4n) is 3.56. The van der Waals surface area contributed by atoms with Crippen molar-refractivity contribution in [3.05, 3.63) is 29.8 Å². The molecule has 3 amide bonds. The van der Waals surface area contributed by atoms with Crippen molar-refractivity contribution >= 4 is 29.7 Å². The summed E-state index contributed by atoms with van der Waals surface area (Å²) in [4.78, 5) is 60.9. The zero-order valence-electron chi connectivity index (χ0n) is 19.1. The maximum Gasteiger partial charge on any atom is 0.328 e. The number of rotatable bonds is 12. The van der Waals surface area contributed by atoms with Crippen molar-refractivity contribution in [3.63, 3.8) is 0 Å². The summed E-state index contributed by atoms with van der Waals surface area (Å²) in [6, 6.07) is 0.756. The van der Waals surface area contributed by atoms with E-state index in [9.17, 15) is 39.3 Å². The van der Waals surface area contributed by atoms with Gasteiger partial charge in [-0.3, -0.25) is 19.2 Å². The molecule has 1 aromatic carbocycles. The molecule has 192 valence electrons. The van der Waals surface area contributed by atoms with Gasteiger partial charge in [-0.05, 0) is 44.0 Å². The van der Waals surface area contributed by atoms with Gasteiger partial charge in [-0.25, -0.2) is 4.79 Å². The van der Waals surface area contributed by atoms with Crippen molar-refractivity contribution in [1.82, 2.24) is 21.3 Å². The minimum absolute atomic E-state index is 0.00164. The predicted octanol–water partition coefficient (Wildman–Crippen LogP) is -1.92. The number of benzene rings is 1. The third kappa shape index (κ3) is 8.54. The summed E-state index contributed by atoms with van der Waals surface area (Å²) in [5.74, 6) is -5.42. The van der Waals surface area contributed by atoms with Crippen molar-refractivity contribution in [2.45, 2.75) is 62.9 Å². The van der Waals surface area contributed by atoms with E-state index in [0.29, 0.717) is 18.5 Å². The maximum absolute atomic E-state index is 13.1. The van der Waals surface area contributed by atoms with Crippen LogP contribution in [0.2, 0.25) is 0 Å². The first-order chi connectivity index (χ1) is 16.5. The molecule has 1 fully saturated rings. The Morgan fingerprint density at radius 1 is 1.00 bits per heavy atom. The quantitative estimate of drug-likeness (QED) is 0.161. The molecule has 1 aliphatic rings. The Hall–Kier alpha value is -3.71. The number of phenols is 1. The molecule has 5 atom stereocenters. The van der Waals surface area contributed by atoms with E-state index in [1.54, 1.807) is 0 Å². The highest BCUT2D eigenvalue weighted by molar-refractivity contribution is 5.95. The first-order valence-corrected chi connectivity index (χ1v) is 11.0. The van der Waals surface area contributed by atoms with Gasteiger partial charge in [0, 0.05) is 6.42 Å². The zero-order valence-corrected chi connectivity index (χ0v) is 19.1. The number of carboxylic acid groups (broad SMARTS) is 2. The highest BCUT2D eigenvalue weighted by Gasteiger charge is 2.33. The van der Waals surface area contributed by atoms with Crippen LogP contribution in [0.3, 0.4) is 0 Å². The van der Waals surface area contributed by atoms with E-state index < -0.39 is 66.4 Å². The number of aliphatic hydroxyl groups is 1. The second kappa shape index (κ2) is 12.7. The summed E-state index contributed by atoms with van der Waals surface area (Å²) in [5, 5.41) is 47.3. The van der Waals surface area contributed by atoms with Gasteiger partial charge in [0.05, 0.1) is 18.6 Å². The predicted molar refractivity (Wildman–Crippen MR) is 120 cm³/mol. The zero-order chi connectivity index (χ0) is 26.1. The number of carbonyl (C=O) groups is 5. The van der Waals surface area contributed by atoms with Gasteiger partial charge in [-0.2, -0.15) is 0 Å². The van der Waals surface area contributed by atoms with E-state index in [1.165, 1.54) is 24.3 Å². The van der Waals surface area contributed by atoms with E-state index >= 15 is 0 Å².